The smallest absolute Gasteiger partial charge is 0.250 e. The lowest BCUT2D eigenvalue weighted by atomic mass is 10.3. The molecule has 2 N–H and O–H groups in total. The fraction of sp³-hybridized carbons (Fsp3) is 0.667. The summed E-state index contributed by atoms with van der Waals surface area (Å²) in [5, 5.41) is 5.09. The summed E-state index contributed by atoms with van der Waals surface area (Å²) in [7, 11) is -3.30. The second kappa shape index (κ2) is 5.69. The molecule has 1 aliphatic rings. The third kappa shape index (κ3) is 3.32. The lowest BCUT2D eigenvalue weighted by molar-refractivity contribution is 0.578. The highest BCUT2D eigenvalue weighted by atomic mass is 32.2. The van der Waals surface area contributed by atoms with Crippen molar-refractivity contribution in [1.29, 1.82) is 0 Å². The van der Waals surface area contributed by atoms with Crippen LogP contribution in [0.1, 0.15) is 32.3 Å². The predicted molar refractivity (Wildman–Crippen MR) is 74.2 cm³/mol. The summed E-state index contributed by atoms with van der Waals surface area (Å²) in [6, 6.07) is 1.92. The van der Waals surface area contributed by atoms with Gasteiger partial charge in [-0.15, -0.1) is 11.3 Å². The Morgan fingerprint density at radius 3 is 2.83 bits per heavy atom. The molecule has 2 unspecified atom stereocenters. The zero-order valence-electron chi connectivity index (χ0n) is 10.8. The molecular formula is C12H20N2O2S2. The monoisotopic (exact) mass is 288 g/mol. The first-order valence-corrected chi connectivity index (χ1v) is 8.73. The maximum absolute atomic E-state index is 12.1. The molecule has 0 bridgehead atoms. The molecule has 0 amide bonds. The molecule has 6 heteroatoms. The van der Waals surface area contributed by atoms with Crippen LogP contribution in [0.15, 0.2) is 15.7 Å². The Morgan fingerprint density at radius 1 is 1.44 bits per heavy atom. The highest BCUT2D eigenvalue weighted by molar-refractivity contribution is 7.91. The zero-order chi connectivity index (χ0) is 13.2. The molecule has 4 nitrogen and oxygen atoms in total. The minimum Gasteiger partial charge on any atom is -0.313 e. The standard InChI is InChI=1S/C12H20N2O2S2/c1-3-10-6-11(10)14-18(15,16)12-5-9(8-17-12)7-13-4-2/h5,8,10-11,13-14H,3-4,6-7H2,1-2H3. The van der Waals surface area contributed by atoms with E-state index in [-0.39, 0.29) is 6.04 Å². The fourth-order valence-corrected chi connectivity index (χ4v) is 4.50. The van der Waals surface area contributed by atoms with E-state index in [9.17, 15) is 8.42 Å². The summed E-state index contributed by atoms with van der Waals surface area (Å²) < 4.78 is 27.4. The predicted octanol–water partition coefficient (Wildman–Crippen LogP) is 1.93. The van der Waals surface area contributed by atoms with Crippen LogP contribution in [0, 0.1) is 5.92 Å². The topological polar surface area (TPSA) is 58.2 Å². The largest absolute Gasteiger partial charge is 0.313 e. The summed E-state index contributed by atoms with van der Waals surface area (Å²) in [6.07, 6.45) is 2.02. The van der Waals surface area contributed by atoms with Gasteiger partial charge in [0.2, 0.25) is 10.0 Å². The van der Waals surface area contributed by atoms with Gasteiger partial charge in [-0.05, 0) is 35.9 Å². The van der Waals surface area contributed by atoms with E-state index in [1.54, 1.807) is 6.07 Å². The Balaban J connectivity index is 1.99. The summed E-state index contributed by atoms with van der Waals surface area (Å²) >= 11 is 1.30. The number of hydrogen-bond donors (Lipinski definition) is 2. The van der Waals surface area contributed by atoms with Gasteiger partial charge < -0.3 is 5.32 Å². The van der Waals surface area contributed by atoms with E-state index in [0.29, 0.717) is 10.1 Å². The van der Waals surface area contributed by atoms with Crippen LogP contribution in [0.2, 0.25) is 0 Å². The third-order valence-electron chi connectivity index (χ3n) is 3.23. The van der Waals surface area contributed by atoms with Gasteiger partial charge in [0.15, 0.2) is 0 Å². The van der Waals surface area contributed by atoms with Gasteiger partial charge in [0.05, 0.1) is 0 Å². The van der Waals surface area contributed by atoms with Gasteiger partial charge in [0.1, 0.15) is 4.21 Å². The van der Waals surface area contributed by atoms with Crippen LogP contribution in [-0.4, -0.2) is 21.0 Å². The minimum absolute atomic E-state index is 0.152. The molecule has 1 aromatic rings. The summed E-state index contributed by atoms with van der Waals surface area (Å²) in [4.78, 5) is 0. The van der Waals surface area contributed by atoms with Gasteiger partial charge in [-0.2, -0.15) is 0 Å². The van der Waals surface area contributed by atoms with Gasteiger partial charge in [-0.1, -0.05) is 20.3 Å². The Hall–Kier alpha value is -0.430. The average Bonchev–Trinajstić information content (AvgIpc) is 2.89. The highest BCUT2D eigenvalue weighted by Gasteiger charge is 2.38. The molecule has 0 saturated heterocycles. The summed E-state index contributed by atoms with van der Waals surface area (Å²) in [6.45, 7) is 5.74. The fourth-order valence-electron chi connectivity index (χ4n) is 1.96. The van der Waals surface area contributed by atoms with Crippen molar-refractivity contribution in [1.82, 2.24) is 10.0 Å². The Labute approximate surface area is 113 Å². The normalized spacial score (nSPS) is 23.2. The first kappa shape index (κ1) is 14.0. The van der Waals surface area contributed by atoms with Gasteiger partial charge in [0.25, 0.3) is 0 Å². The Morgan fingerprint density at radius 2 is 2.22 bits per heavy atom. The molecule has 2 rings (SSSR count). The second-order valence-corrected chi connectivity index (χ2v) is 7.54. The molecular weight excluding hydrogens is 268 g/mol. The molecule has 1 fully saturated rings. The number of nitrogens with one attached hydrogen (secondary N) is 2. The number of hydrogen-bond acceptors (Lipinski definition) is 4. The second-order valence-electron chi connectivity index (χ2n) is 4.69. The van der Waals surface area contributed by atoms with Gasteiger partial charge in [0, 0.05) is 12.6 Å². The van der Waals surface area contributed by atoms with Crippen LogP contribution >= 0.6 is 11.3 Å². The van der Waals surface area contributed by atoms with Gasteiger partial charge in [-0.3, -0.25) is 0 Å². The quantitative estimate of drug-likeness (QED) is 0.806. The van der Waals surface area contributed by atoms with Crippen molar-refractivity contribution in [3.05, 3.63) is 17.0 Å². The van der Waals surface area contributed by atoms with Crippen LogP contribution < -0.4 is 10.0 Å². The first-order valence-electron chi connectivity index (χ1n) is 6.37. The lowest BCUT2D eigenvalue weighted by Crippen LogP contribution is -2.26. The maximum Gasteiger partial charge on any atom is 0.250 e. The van der Waals surface area contributed by atoms with Crippen molar-refractivity contribution < 1.29 is 8.42 Å². The van der Waals surface area contributed by atoms with Crippen LogP contribution in [0.25, 0.3) is 0 Å². The molecule has 18 heavy (non-hydrogen) atoms. The molecule has 0 radical (unpaired) electrons. The molecule has 1 saturated carbocycles. The molecule has 1 heterocycles. The number of sulfonamides is 1. The summed E-state index contributed by atoms with van der Waals surface area (Å²) in [5.74, 6) is 0.529. The van der Waals surface area contributed by atoms with Crippen LogP contribution in [-0.2, 0) is 16.6 Å². The Kier molecular flexibility index (Phi) is 4.42. The molecule has 0 aromatic carbocycles. The van der Waals surface area contributed by atoms with Crippen molar-refractivity contribution in [2.24, 2.45) is 5.92 Å². The molecule has 1 aromatic heterocycles. The van der Waals surface area contributed by atoms with E-state index in [2.05, 4.69) is 17.0 Å². The number of rotatable bonds is 7. The minimum atomic E-state index is -3.30. The molecule has 1 aliphatic carbocycles. The van der Waals surface area contributed by atoms with E-state index >= 15 is 0 Å². The van der Waals surface area contributed by atoms with Crippen LogP contribution in [0.4, 0.5) is 0 Å². The third-order valence-corrected chi connectivity index (χ3v) is 6.21. The van der Waals surface area contributed by atoms with Crippen molar-refractivity contribution in [3.63, 3.8) is 0 Å². The van der Waals surface area contributed by atoms with E-state index in [1.165, 1.54) is 11.3 Å². The van der Waals surface area contributed by atoms with Crippen molar-refractivity contribution >= 4 is 21.4 Å². The van der Waals surface area contributed by atoms with E-state index in [1.807, 2.05) is 12.3 Å². The zero-order valence-corrected chi connectivity index (χ0v) is 12.4. The van der Waals surface area contributed by atoms with Crippen molar-refractivity contribution in [2.75, 3.05) is 6.54 Å². The van der Waals surface area contributed by atoms with E-state index in [4.69, 9.17) is 0 Å². The first-order chi connectivity index (χ1) is 8.56. The lowest BCUT2D eigenvalue weighted by Gasteiger charge is -2.03. The van der Waals surface area contributed by atoms with Crippen LogP contribution in [0.5, 0.6) is 0 Å². The SMILES string of the molecule is CCNCc1csc(S(=O)(=O)NC2CC2CC)c1. The Bertz CT molecular complexity index is 496. The molecule has 0 aliphatic heterocycles. The van der Waals surface area contributed by atoms with E-state index in [0.717, 1.165) is 31.5 Å². The number of thiophene rings is 1. The van der Waals surface area contributed by atoms with Crippen LogP contribution in [0.3, 0.4) is 0 Å². The van der Waals surface area contributed by atoms with Gasteiger partial charge >= 0.3 is 0 Å². The van der Waals surface area contributed by atoms with Gasteiger partial charge in [-0.25, -0.2) is 13.1 Å². The molecule has 0 spiro atoms. The average molecular weight is 288 g/mol. The molecule has 102 valence electrons. The van der Waals surface area contributed by atoms with E-state index < -0.39 is 10.0 Å². The maximum atomic E-state index is 12.1. The summed E-state index contributed by atoms with van der Waals surface area (Å²) in [5.41, 5.74) is 1.03. The van der Waals surface area contributed by atoms with Crippen molar-refractivity contribution in [2.45, 2.75) is 43.5 Å². The molecule has 2 atom stereocenters. The van der Waals surface area contributed by atoms with Crippen molar-refractivity contribution in [3.8, 4) is 0 Å². The highest BCUT2D eigenvalue weighted by Crippen LogP contribution is 2.35.